The van der Waals surface area contributed by atoms with Crippen LogP contribution in [-0.2, 0) is 19.5 Å². The molecule has 3 fully saturated rings. The molecule has 2 bridgehead atoms. The topological polar surface area (TPSA) is 143 Å². The van der Waals surface area contributed by atoms with Crippen molar-refractivity contribution < 1.29 is 61.6 Å². The first-order valence-corrected chi connectivity index (χ1v) is 8.58. The number of hydrogen-bond donors (Lipinski definition) is 2. The van der Waals surface area contributed by atoms with E-state index >= 15 is 0 Å². The minimum Gasteiger partial charge on any atom is -0.724 e. The van der Waals surface area contributed by atoms with Gasteiger partial charge in [-0.2, -0.15) is 9.35 Å². The maximum atomic E-state index is 12.3. The molecule has 24 heavy (non-hydrogen) atoms. The van der Waals surface area contributed by atoms with Crippen molar-refractivity contribution in [3.63, 3.8) is 0 Å². The molecule has 0 saturated carbocycles. The van der Waals surface area contributed by atoms with Gasteiger partial charge in [-0.3, -0.25) is 10.0 Å². The normalized spacial score (nSPS) is 29.1. The van der Waals surface area contributed by atoms with E-state index in [2.05, 4.69) is 9.60 Å². The van der Waals surface area contributed by atoms with Crippen molar-refractivity contribution in [1.29, 1.82) is 0 Å². The summed E-state index contributed by atoms with van der Waals surface area (Å²) in [5.41, 5.74) is 0. The minimum absolute atomic E-state index is 0. The molecule has 3 aliphatic heterocycles. The van der Waals surface area contributed by atoms with Gasteiger partial charge in [0.05, 0.1) is 12.6 Å². The largest absolute Gasteiger partial charge is 1.00 e. The molecule has 0 unspecified atom stereocenters. The number of amides is 3. The predicted molar refractivity (Wildman–Crippen MR) is 71.4 cm³/mol. The van der Waals surface area contributed by atoms with Gasteiger partial charge in [-0.1, -0.05) is 0 Å². The number of hydroxylamine groups is 4. The zero-order valence-electron chi connectivity index (χ0n) is 13.1. The van der Waals surface area contributed by atoms with Gasteiger partial charge in [-0.05, 0) is 25.8 Å². The first-order valence-electron chi connectivity index (χ1n) is 7.25. The molecule has 3 aliphatic rings. The second-order valence-electron chi connectivity index (χ2n) is 5.85. The van der Waals surface area contributed by atoms with Crippen molar-refractivity contribution in [2.45, 2.75) is 37.4 Å². The zero-order chi connectivity index (χ0) is 16.8. The van der Waals surface area contributed by atoms with Crippen LogP contribution < -0.4 is 34.9 Å². The van der Waals surface area contributed by atoms with Crippen LogP contribution in [0.1, 0.15) is 19.3 Å². The number of rotatable bonds is 5. The summed E-state index contributed by atoms with van der Waals surface area (Å²) in [7, 11) is -5.07. The molecule has 3 rings (SSSR count). The smallest absolute Gasteiger partial charge is 0.724 e. The second kappa shape index (κ2) is 7.41. The Balaban J connectivity index is 0.00000208. The van der Waals surface area contributed by atoms with Crippen LogP contribution in [-0.4, -0.2) is 82.9 Å². The van der Waals surface area contributed by atoms with Gasteiger partial charge >= 0.3 is 35.6 Å². The Morgan fingerprint density at radius 3 is 2.62 bits per heavy atom. The maximum Gasteiger partial charge on any atom is 1.00 e. The number of nitrogens with one attached hydrogen (secondary N) is 1. The van der Waals surface area contributed by atoms with Crippen LogP contribution >= 0.6 is 0 Å². The molecular weight excluding hydrogens is 355 g/mol. The number of carbonyl (C=O) groups excluding carboxylic acids is 2. The molecule has 130 valence electrons. The molecule has 11 nitrogen and oxygen atoms in total. The molecule has 0 spiro atoms. The first kappa shape index (κ1) is 19.8. The SMILES string of the molecule is O=C([C@@H]1CC[C@@H]2CN1C(=O)N2OS(=O)(=O)[O-])N(O)C[C@@H]1CCN1.[Na+]. The van der Waals surface area contributed by atoms with E-state index in [1.165, 1.54) is 0 Å². The van der Waals surface area contributed by atoms with Crippen molar-refractivity contribution in [2.24, 2.45) is 0 Å². The van der Waals surface area contributed by atoms with Gasteiger partial charge in [-0.15, -0.1) is 0 Å². The number of urea groups is 1. The van der Waals surface area contributed by atoms with Gasteiger partial charge in [-0.25, -0.2) is 18.3 Å². The summed E-state index contributed by atoms with van der Waals surface area (Å²) in [4.78, 5) is 25.6. The zero-order valence-corrected chi connectivity index (χ0v) is 15.9. The van der Waals surface area contributed by atoms with Gasteiger partial charge in [0.25, 0.3) is 5.91 Å². The van der Waals surface area contributed by atoms with E-state index in [-0.39, 0.29) is 55.1 Å². The number of piperidine rings is 1. The van der Waals surface area contributed by atoms with Crippen molar-refractivity contribution in [3.05, 3.63) is 0 Å². The third-order valence-corrected chi connectivity index (χ3v) is 4.70. The average Bonchev–Trinajstić information content (AvgIpc) is 2.66. The molecule has 0 aromatic carbocycles. The standard InChI is InChI=1S/C11H18N4O7S.Na/c16-10(14(18)5-7-3-4-12-7)9-2-1-8-6-13(9)11(17)15(8)22-23(19,20)21;/h7-9,12,18H,1-6H2,(H,19,20,21);/q;+1/p-1/t7-,8+,9-;/m0./s1. The van der Waals surface area contributed by atoms with Crippen LogP contribution in [0.25, 0.3) is 0 Å². The molecule has 0 aromatic heterocycles. The summed E-state index contributed by atoms with van der Waals surface area (Å²) in [5.74, 6) is -0.627. The number of carbonyl (C=O) groups is 2. The van der Waals surface area contributed by atoms with Crippen LogP contribution in [0, 0.1) is 0 Å². The molecule has 3 atom stereocenters. The quantitative estimate of drug-likeness (QED) is 0.161. The van der Waals surface area contributed by atoms with Crippen molar-refractivity contribution in [2.75, 3.05) is 19.6 Å². The fourth-order valence-electron chi connectivity index (χ4n) is 3.06. The molecule has 0 aromatic rings. The van der Waals surface area contributed by atoms with Crippen molar-refractivity contribution in [1.82, 2.24) is 20.3 Å². The van der Waals surface area contributed by atoms with E-state index in [0.29, 0.717) is 16.5 Å². The van der Waals surface area contributed by atoms with Gasteiger partial charge in [0.1, 0.15) is 6.04 Å². The fraction of sp³-hybridized carbons (Fsp3) is 0.818. The molecule has 0 aliphatic carbocycles. The van der Waals surface area contributed by atoms with Crippen LogP contribution in [0.15, 0.2) is 0 Å². The van der Waals surface area contributed by atoms with E-state index in [0.717, 1.165) is 17.9 Å². The van der Waals surface area contributed by atoms with Crippen molar-refractivity contribution >= 4 is 22.3 Å². The molecule has 3 saturated heterocycles. The molecule has 13 heteroatoms. The monoisotopic (exact) mass is 372 g/mol. The van der Waals surface area contributed by atoms with Gasteiger partial charge in [0.2, 0.25) is 10.4 Å². The Labute approximate surface area is 161 Å². The third-order valence-electron chi connectivity index (χ3n) is 4.35. The molecule has 2 N–H and O–H groups in total. The molecular formula is C11H17N4NaO7S. The van der Waals surface area contributed by atoms with E-state index in [4.69, 9.17) is 0 Å². The third kappa shape index (κ3) is 4.02. The van der Waals surface area contributed by atoms with Crippen LogP contribution in [0.3, 0.4) is 0 Å². The van der Waals surface area contributed by atoms with Crippen LogP contribution in [0.5, 0.6) is 0 Å². The van der Waals surface area contributed by atoms with E-state index in [1.807, 2.05) is 0 Å². The first-order chi connectivity index (χ1) is 10.8. The second-order valence-corrected chi connectivity index (χ2v) is 6.82. The number of fused-ring (bicyclic) bond motifs is 2. The predicted octanol–water partition coefficient (Wildman–Crippen LogP) is -4.77. The summed E-state index contributed by atoms with van der Waals surface area (Å²) in [5, 5.41) is 14.0. The summed E-state index contributed by atoms with van der Waals surface area (Å²) in [6, 6.07) is -2.33. The Morgan fingerprint density at radius 2 is 2.08 bits per heavy atom. The Bertz CT molecular complexity index is 613. The summed E-state index contributed by atoms with van der Waals surface area (Å²) in [6.45, 7) is 1.02. The summed E-state index contributed by atoms with van der Waals surface area (Å²) < 4.78 is 36.2. The summed E-state index contributed by atoms with van der Waals surface area (Å²) in [6.07, 6.45) is 1.40. The maximum absolute atomic E-state index is 12.3. The van der Waals surface area contributed by atoms with Crippen molar-refractivity contribution in [3.8, 4) is 0 Å². The Hall–Kier alpha value is -0.470. The van der Waals surface area contributed by atoms with E-state index in [1.54, 1.807) is 0 Å². The minimum atomic E-state index is -5.07. The molecule has 3 heterocycles. The molecule has 3 amide bonds. The average molecular weight is 372 g/mol. The van der Waals surface area contributed by atoms with Gasteiger partial charge in [0.15, 0.2) is 0 Å². The van der Waals surface area contributed by atoms with E-state index < -0.39 is 34.4 Å². The molecule has 0 radical (unpaired) electrons. The van der Waals surface area contributed by atoms with E-state index in [9.17, 15) is 27.8 Å². The number of nitrogens with zero attached hydrogens (tertiary/aromatic N) is 3. The van der Waals surface area contributed by atoms with Gasteiger partial charge < -0.3 is 14.8 Å². The van der Waals surface area contributed by atoms with Crippen LogP contribution in [0.2, 0.25) is 0 Å². The fourth-order valence-corrected chi connectivity index (χ4v) is 3.44. The van der Waals surface area contributed by atoms with Gasteiger partial charge in [0, 0.05) is 12.6 Å². The Morgan fingerprint density at radius 1 is 1.42 bits per heavy atom. The summed E-state index contributed by atoms with van der Waals surface area (Å²) >= 11 is 0. The Kier molecular flexibility index (Phi) is 6.13. The van der Waals surface area contributed by atoms with Crippen LogP contribution in [0.4, 0.5) is 4.79 Å². The number of hydrogen-bond acceptors (Lipinski definition) is 8.